The van der Waals surface area contributed by atoms with E-state index in [4.69, 9.17) is 5.11 Å². The highest BCUT2D eigenvalue weighted by Crippen LogP contribution is 2.41. The fraction of sp³-hybridized carbons (Fsp3) is 0.667. The molecule has 1 aliphatic heterocycles. The van der Waals surface area contributed by atoms with Gasteiger partial charge < -0.3 is 5.11 Å². The highest BCUT2D eigenvalue weighted by atomic mass is 127. The number of aliphatic carboxylic acids is 1. The van der Waals surface area contributed by atoms with Crippen molar-refractivity contribution in [2.24, 2.45) is 4.99 Å². The zero-order valence-electron chi connectivity index (χ0n) is 6.00. The summed E-state index contributed by atoms with van der Waals surface area (Å²) >= 11 is 3.74. The SMILES string of the molecule is CCC1(I)SCN=C1C(=O)O. The number of carboxylic acid groups (broad SMARTS) is 1. The first-order valence-electron chi connectivity index (χ1n) is 3.21. The van der Waals surface area contributed by atoms with Crippen LogP contribution in [-0.2, 0) is 4.79 Å². The quantitative estimate of drug-likeness (QED) is 0.621. The number of carbonyl (C=O) groups is 1. The minimum Gasteiger partial charge on any atom is -0.477 e. The molecule has 62 valence electrons. The summed E-state index contributed by atoms with van der Waals surface area (Å²) in [6, 6.07) is 0. The molecule has 11 heavy (non-hydrogen) atoms. The molecular formula is C6H8INO2S. The molecule has 0 amide bonds. The van der Waals surface area contributed by atoms with Crippen LogP contribution >= 0.6 is 34.4 Å². The van der Waals surface area contributed by atoms with Gasteiger partial charge in [0.1, 0.15) is 8.47 Å². The molecule has 0 bridgehead atoms. The van der Waals surface area contributed by atoms with Gasteiger partial charge in [-0.25, -0.2) is 4.79 Å². The van der Waals surface area contributed by atoms with Gasteiger partial charge in [-0.15, -0.1) is 11.8 Å². The number of rotatable bonds is 2. The molecule has 3 nitrogen and oxygen atoms in total. The number of nitrogens with zero attached hydrogens (tertiary/aromatic N) is 1. The smallest absolute Gasteiger partial charge is 0.352 e. The molecule has 1 N–H and O–H groups in total. The van der Waals surface area contributed by atoms with E-state index in [9.17, 15) is 4.79 Å². The van der Waals surface area contributed by atoms with Crippen LogP contribution in [-0.4, -0.2) is 25.4 Å². The van der Waals surface area contributed by atoms with Crippen molar-refractivity contribution in [3.8, 4) is 0 Å². The minimum atomic E-state index is -0.883. The van der Waals surface area contributed by atoms with E-state index in [0.717, 1.165) is 6.42 Å². The van der Waals surface area contributed by atoms with Crippen LogP contribution in [0.4, 0.5) is 0 Å². The van der Waals surface area contributed by atoms with E-state index < -0.39 is 5.97 Å². The average molecular weight is 285 g/mol. The fourth-order valence-corrected chi connectivity index (χ4v) is 2.59. The molecule has 0 spiro atoms. The Balaban J connectivity index is 2.86. The van der Waals surface area contributed by atoms with E-state index in [1.807, 2.05) is 6.92 Å². The van der Waals surface area contributed by atoms with E-state index in [2.05, 4.69) is 27.6 Å². The molecule has 0 saturated heterocycles. The van der Waals surface area contributed by atoms with E-state index in [0.29, 0.717) is 11.6 Å². The molecule has 0 saturated carbocycles. The monoisotopic (exact) mass is 285 g/mol. The second kappa shape index (κ2) is 3.30. The van der Waals surface area contributed by atoms with Crippen molar-refractivity contribution in [2.45, 2.75) is 16.1 Å². The van der Waals surface area contributed by atoms with Gasteiger partial charge in [-0.05, 0) is 6.42 Å². The van der Waals surface area contributed by atoms with Crippen LogP contribution in [0.25, 0.3) is 0 Å². The van der Waals surface area contributed by atoms with Gasteiger partial charge in [0.2, 0.25) is 0 Å². The summed E-state index contributed by atoms with van der Waals surface area (Å²) in [5, 5.41) is 8.73. The van der Waals surface area contributed by atoms with Crippen LogP contribution in [0.2, 0.25) is 0 Å². The van der Waals surface area contributed by atoms with Crippen LogP contribution in [0.1, 0.15) is 13.3 Å². The molecule has 0 aliphatic carbocycles. The normalized spacial score (nSPS) is 30.2. The van der Waals surface area contributed by atoms with Crippen LogP contribution in [0.3, 0.4) is 0 Å². The van der Waals surface area contributed by atoms with E-state index in [1.54, 1.807) is 11.8 Å². The second-order valence-corrected chi connectivity index (χ2v) is 5.98. The summed E-state index contributed by atoms with van der Waals surface area (Å²) in [7, 11) is 0. The highest BCUT2D eigenvalue weighted by Gasteiger charge is 2.39. The first-order valence-corrected chi connectivity index (χ1v) is 5.27. The Labute approximate surface area is 82.8 Å². The third-order valence-corrected chi connectivity index (χ3v) is 4.93. The average Bonchev–Trinajstić information content (AvgIpc) is 2.32. The number of thioether (sulfide) groups is 1. The van der Waals surface area contributed by atoms with Crippen molar-refractivity contribution in [1.82, 2.24) is 0 Å². The number of alkyl halides is 1. The molecule has 0 aromatic carbocycles. The van der Waals surface area contributed by atoms with Gasteiger partial charge in [-0.1, -0.05) is 29.5 Å². The summed E-state index contributed by atoms with van der Waals surface area (Å²) in [6.45, 7) is 1.98. The zero-order valence-corrected chi connectivity index (χ0v) is 8.98. The largest absolute Gasteiger partial charge is 0.477 e. The number of hydrogen-bond acceptors (Lipinski definition) is 3. The first kappa shape index (κ1) is 9.31. The van der Waals surface area contributed by atoms with Crippen LogP contribution in [0, 0.1) is 0 Å². The molecule has 5 heteroatoms. The predicted molar refractivity (Wildman–Crippen MR) is 54.6 cm³/mol. The van der Waals surface area contributed by atoms with Crippen LogP contribution in [0.5, 0.6) is 0 Å². The summed E-state index contributed by atoms with van der Waals surface area (Å²) in [5.74, 6) is -0.301. The number of carboxylic acids is 1. The molecule has 1 heterocycles. The Morgan fingerprint density at radius 3 is 3.00 bits per heavy atom. The lowest BCUT2D eigenvalue weighted by Gasteiger charge is -2.17. The van der Waals surface area contributed by atoms with Gasteiger partial charge in [0.05, 0.1) is 5.88 Å². The van der Waals surface area contributed by atoms with Crippen molar-refractivity contribution < 1.29 is 9.90 Å². The molecule has 0 fully saturated rings. The molecule has 0 radical (unpaired) electrons. The Hall–Kier alpha value is 0.220. The molecule has 0 aromatic rings. The first-order chi connectivity index (χ1) is 5.10. The maximum Gasteiger partial charge on any atom is 0.352 e. The zero-order chi connectivity index (χ0) is 8.48. The highest BCUT2D eigenvalue weighted by molar-refractivity contribution is 14.1. The van der Waals surface area contributed by atoms with Gasteiger partial charge in [0.25, 0.3) is 0 Å². The van der Waals surface area contributed by atoms with E-state index in [-0.39, 0.29) is 2.75 Å². The van der Waals surface area contributed by atoms with Crippen molar-refractivity contribution in [3.63, 3.8) is 0 Å². The molecule has 1 atom stereocenters. The van der Waals surface area contributed by atoms with Gasteiger partial charge in [0, 0.05) is 0 Å². The standard InChI is InChI=1S/C6H8INO2S/c1-2-6(7)4(5(9)10)8-3-11-6/h2-3H2,1H3,(H,9,10). The lowest BCUT2D eigenvalue weighted by Crippen LogP contribution is -2.30. The Kier molecular flexibility index (Phi) is 2.79. The number of hydrogen-bond donors (Lipinski definition) is 1. The summed E-state index contributed by atoms with van der Waals surface area (Å²) in [4.78, 5) is 14.6. The van der Waals surface area contributed by atoms with Crippen LogP contribution in [0.15, 0.2) is 4.99 Å². The third kappa shape index (κ3) is 1.69. The molecule has 0 aromatic heterocycles. The summed E-state index contributed by atoms with van der Waals surface area (Å²) in [5.41, 5.74) is 0.311. The van der Waals surface area contributed by atoms with Crippen molar-refractivity contribution in [3.05, 3.63) is 0 Å². The van der Waals surface area contributed by atoms with E-state index in [1.165, 1.54) is 0 Å². The maximum atomic E-state index is 10.6. The van der Waals surface area contributed by atoms with Crippen molar-refractivity contribution >= 4 is 46.0 Å². The third-order valence-electron chi connectivity index (χ3n) is 1.53. The topological polar surface area (TPSA) is 49.7 Å². The number of halogens is 1. The number of aliphatic imine (C=N–C) groups is 1. The molecule has 1 unspecified atom stereocenters. The van der Waals surface area contributed by atoms with Crippen molar-refractivity contribution in [2.75, 3.05) is 5.88 Å². The van der Waals surface area contributed by atoms with Crippen molar-refractivity contribution in [1.29, 1.82) is 0 Å². The predicted octanol–water partition coefficient (Wildman–Crippen LogP) is 1.76. The van der Waals surface area contributed by atoms with E-state index >= 15 is 0 Å². The fourth-order valence-electron chi connectivity index (χ4n) is 0.882. The second-order valence-electron chi connectivity index (χ2n) is 2.17. The summed E-state index contributed by atoms with van der Waals surface area (Å²) in [6.07, 6.45) is 0.809. The van der Waals surface area contributed by atoms with Gasteiger partial charge in [0.15, 0.2) is 0 Å². The summed E-state index contributed by atoms with van der Waals surface area (Å²) < 4.78 is -0.288. The Morgan fingerprint density at radius 2 is 2.64 bits per heavy atom. The van der Waals surface area contributed by atoms with Crippen LogP contribution < -0.4 is 0 Å². The van der Waals surface area contributed by atoms with Gasteiger partial charge >= 0.3 is 5.97 Å². The molecular weight excluding hydrogens is 277 g/mol. The minimum absolute atomic E-state index is 0.288. The Morgan fingerprint density at radius 1 is 2.00 bits per heavy atom. The molecule has 1 aliphatic rings. The Bertz CT molecular complexity index is 219. The van der Waals surface area contributed by atoms with Gasteiger partial charge in [-0.3, -0.25) is 4.99 Å². The van der Waals surface area contributed by atoms with Gasteiger partial charge in [-0.2, -0.15) is 0 Å². The lowest BCUT2D eigenvalue weighted by molar-refractivity contribution is -0.129. The lowest BCUT2D eigenvalue weighted by atomic mass is 10.2. The molecule has 1 rings (SSSR count). The maximum absolute atomic E-state index is 10.6.